The zero-order valence-electron chi connectivity index (χ0n) is 25.2. The monoisotopic (exact) mass is 589 g/mol. The van der Waals surface area contributed by atoms with Gasteiger partial charge in [-0.05, 0) is 75.8 Å². The van der Waals surface area contributed by atoms with E-state index in [0.717, 1.165) is 31.4 Å². The summed E-state index contributed by atoms with van der Waals surface area (Å²) in [5.74, 6) is -0.433. The number of rotatable bonds is 6. The average molecular weight is 590 g/mol. The maximum absolute atomic E-state index is 14.3. The SMILES string of the molecule is CCN1C(=O)c2nc(-c3ccc(C(=O)N4[C@H](C)CCC[C@@H]4C)nc3)n(Cc3ccc(F)c(F)c3)c2N2C[C@@H](C(C)C)N=C12. The fourth-order valence-electron chi connectivity index (χ4n) is 6.45. The first-order valence-corrected chi connectivity index (χ1v) is 15.1. The Kier molecular flexibility index (Phi) is 7.52. The number of hydrogen-bond donors (Lipinski definition) is 0. The van der Waals surface area contributed by atoms with Gasteiger partial charge in [0.05, 0.1) is 19.1 Å². The lowest BCUT2D eigenvalue weighted by atomic mass is 9.97. The lowest BCUT2D eigenvalue weighted by Gasteiger charge is -2.38. The van der Waals surface area contributed by atoms with E-state index < -0.39 is 11.6 Å². The predicted octanol–water partition coefficient (Wildman–Crippen LogP) is 5.35. The minimum Gasteiger partial charge on any atom is -0.332 e. The Labute approximate surface area is 250 Å². The normalized spacial score (nSPS) is 21.8. The van der Waals surface area contributed by atoms with Crippen LogP contribution in [0, 0.1) is 17.6 Å². The number of imidazole rings is 1. The van der Waals surface area contributed by atoms with Gasteiger partial charge in [0.15, 0.2) is 17.3 Å². The molecule has 0 saturated carbocycles. The molecule has 6 rings (SSSR count). The van der Waals surface area contributed by atoms with Gasteiger partial charge < -0.3 is 9.47 Å². The number of likely N-dealkylation sites (tertiary alicyclic amines) is 1. The van der Waals surface area contributed by atoms with Crippen LogP contribution in [0.2, 0.25) is 0 Å². The first kappa shape index (κ1) is 28.9. The van der Waals surface area contributed by atoms with Crippen LogP contribution in [0.25, 0.3) is 11.4 Å². The van der Waals surface area contributed by atoms with Gasteiger partial charge in [-0.25, -0.2) is 18.8 Å². The van der Waals surface area contributed by atoms with Crippen molar-refractivity contribution >= 4 is 23.6 Å². The Morgan fingerprint density at radius 3 is 2.44 bits per heavy atom. The molecule has 9 nitrogen and oxygen atoms in total. The molecule has 2 aromatic heterocycles. The number of carbonyl (C=O) groups excluding carboxylic acids is 2. The Morgan fingerprint density at radius 2 is 1.81 bits per heavy atom. The van der Waals surface area contributed by atoms with Crippen LogP contribution in [0.4, 0.5) is 14.6 Å². The van der Waals surface area contributed by atoms with Crippen molar-refractivity contribution in [1.29, 1.82) is 0 Å². The third kappa shape index (κ3) is 4.98. The van der Waals surface area contributed by atoms with Crippen molar-refractivity contribution < 1.29 is 18.4 Å². The quantitative estimate of drug-likeness (QED) is 0.387. The lowest BCUT2D eigenvalue weighted by Crippen LogP contribution is -2.50. The summed E-state index contributed by atoms with van der Waals surface area (Å²) in [6.45, 7) is 11.3. The molecule has 0 N–H and O–H groups in total. The van der Waals surface area contributed by atoms with E-state index in [9.17, 15) is 18.4 Å². The number of aromatic nitrogens is 3. The topological polar surface area (TPSA) is 86.9 Å². The highest BCUT2D eigenvalue weighted by molar-refractivity contribution is 6.18. The summed E-state index contributed by atoms with van der Waals surface area (Å²) in [4.78, 5) is 47.0. The van der Waals surface area contributed by atoms with Crippen LogP contribution in [0.1, 0.15) is 80.4 Å². The molecule has 1 fully saturated rings. The van der Waals surface area contributed by atoms with Gasteiger partial charge in [0.25, 0.3) is 11.8 Å². The summed E-state index contributed by atoms with van der Waals surface area (Å²) >= 11 is 0. The van der Waals surface area contributed by atoms with E-state index in [1.54, 1.807) is 23.2 Å². The van der Waals surface area contributed by atoms with Crippen LogP contribution in [0.3, 0.4) is 0 Å². The standard InChI is InChI=1S/C32H37F2N7O2/c1-6-38-31(43)27-29(40-17-26(18(2)3)36-32(38)40)39(16-21-10-12-23(33)24(34)14-21)28(37-27)22-11-13-25(35-15-22)30(42)41-19(4)8-7-9-20(41)5/h10-15,18-20,26H,6-9,16-17H2,1-5H3/t19-,20+,26-/m0/s1. The number of halogens is 2. The van der Waals surface area contributed by atoms with Crippen LogP contribution in [-0.2, 0) is 6.54 Å². The van der Waals surface area contributed by atoms with Crippen molar-refractivity contribution in [2.75, 3.05) is 18.0 Å². The highest BCUT2D eigenvalue weighted by Crippen LogP contribution is 2.37. The average Bonchev–Trinajstić information content (AvgIpc) is 3.58. The second-order valence-corrected chi connectivity index (χ2v) is 12.1. The summed E-state index contributed by atoms with van der Waals surface area (Å²) in [5, 5.41) is 0. The summed E-state index contributed by atoms with van der Waals surface area (Å²) < 4.78 is 29.9. The third-order valence-corrected chi connectivity index (χ3v) is 8.86. The smallest absolute Gasteiger partial charge is 0.283 e. The van der Waals surface area contributed by atoms with Gasteiger partial charge in [-0.2, -0.15) is 0 Å². The van der Waals surface area contributed by atoms with Crippen LogP contribution < -0.4 is 4.90 Å². The van der Waals surface area contributed by atoms with Crippen LogP contribution in [0.5, 0.6) is 0 Å². The predicted molar refractivity (Wildman–Crippen MR) is 160 cm³/mol. The molecule has 0 bridgehead atoms. The van der Waals surface area contributed by atoms with Gasteiger partial charge in [-0.15, -0.1) is 0 Å². The number of aliphatic imine (C=N–C) groups is 1. The van der Waals surface area contributed by atoms with Crippen LogP contribution in [-0.4, -0.2) is 73.3 Å². The number of benzene rings is 1. The Morgan fingerprint density at radius 1 is 1.07 bits per heavy atom. The molecule has 3 atom stereocenters. The number of piperidine rings is 1. The van der Waals surface area contributed by atoms with E-state index in [-0.39, 0.29) is 48.1 Å². The van der Waals surface area contributed by atoms with E-state index in [0.29, 0.717) is 47.5 Å². The maximum atomic E-state index is 14.3. The number of nitrogens with zero attached hydrogens (tertiary/aromatic N) is 7. The minimum absolute atomic E-state index is 0.0237. The number of amides is 2. The largest absolute Gasteiger partial charge is 0.332 e. The summed E-state index contributed by atoms with van der Waals surface area (Å²) in [6, 6.07) is 7.51. The van der Waals surface area contributed by atoms with Crippen molar-refractivity contribution in [2.45, 2.75) is 78.6 Å². The number of fused-ring (bicyclic) bond motifs is 3. The molecule has 11 heteroatoms. The Bertz CT molecular complexity index is 1590. The van der Waals surface area contributed by atoms with E-state index >= 15 is 0 Å². The fourth-order valence-corrected chi connectivity index (χ4v) is 6.45. The number of guanidine groups is 1. The van der Waals surface area contributed by atoms with E-state index in [2.05, 4.69) is 32.7 Å². The molecule has 0 unspecified atom stereocenters. The van der Waals surface area contributed by atoms with Crippen molar-refractivity contribution in [2.24, 2.45) is 10.9 Å². The van der Waals surface area contributed by atoms with Crippen molar-refractivity contribution in [3.63, 3.8) is 0 Å². The minimum atomic E-state index is -0.949. The molecule has 3 aliphatic heterocycles. The summed E-state index contributed by atoms with van der Waals surface area (Å²) in [5.41, 5.74) is 1.72. The molecule has 3 aromatic rings. The van der Waals surface area contributed by atoms with E-state index in [1.807, 2.05) is 21.3 Å². The second kappa shape index (κ2) is 11.2. The fraction of sp³-hybridized carbons (Fsp3) is 0.469. The van der Waals surface area contributed by atoms with Crippen LogP contribution in [0.15, 0.2) is 41.5 Å². The number of pyridine rings is 1. The van der Waals surface area contributed by atoms with Crippen molar-refractivity contribution in [3.8, 4) is 11.4 Å². The van der Waals surface area contributed by atoms with Gasteiger partial charge in [0.2, 0.25) is 5.96 Å². The molecule has 226 valence electrons. The van der Waals surface area contributed by atoms with Crippen molar-refractivity contribution in [3.05, 3.63) is 65.1 Å². The molecule has 3 aliphatic rings. The number of hydrogen-bond acceptors (Lipinski definition) is 6. The molecular weight excluding hydrogens is 552 g/mol. The highest BCUT2D eigenvalue weighted by Gasteiger charge is 2.44. The Hall–Kier alpha value is -4.15. The third-order valence-electron chi connectivity index (χ3n) is 8.86. The molecule has 5 heterocycles. The van der Waals surface area contributed by atoms with Gasteiger partial charge in [0, 0.05) is 30.4 Å². The molecule has 0 aliphatic carbocycles. The highest BCUT2D eigenvalue weighted by atomic mass is 19.2. The zero-order chi connectivity index (χ0) is 30.6. The zero-order valence-corrected chi connectivity index (χ0v) is 25.2. The number of anilines is 1. The van der Waals surface area contributed by atoms with Gasteiger partial charge in [0.1, 0.15) is 17.3 Å². The lowest BCUT2D eigenvalue weighted by molar-refractivity contribution is 0.0504. The molecular formula is C32H37F2N7O2. The van der Waals surface area contributed by atoms with Gasteiger partial charge >= 0.3 is 0 Å². The van der Waals surface area contributed by atoms with Gasteiger partial charge in [-0.1, -0.05) is 19.9 Å². The van der Waals surface area contributed by atoms with E-state index in [1.165, 1.54) is 6.07 Å². The molecule has 0 spiro atoms. The summed E-state index contributed by atoms with van der Waals surface area (Å²) in [6.07, 6.45) is 4.62. The molecule has 1 saturated heterocycles. The number of carbonyl (C=O) groups is 2. The van der Waals surface area contributed by atoms with Gasteiger partial charge in [-0.3, -0.25) is 24.4 Å². The molecule has 43 heavy (non-hydrogen) atoms. The first-order valence-electron chi connectivity index (χ1n) is 15.1. The summed E-state index contributed by atoms with van der Waals surface area (Å²) in [7, 11) is 0. The molecule has 2 amide bonds. The van der Waals surface area contributed by atoms with Crippen molar-refractivity contribution in [1.82, 2.24) is 24.3 Å². The Balaban J connectivity index is 1.44. The molecule has 0 radical (unpaired) electrons. The second-order valence-electron chi connectivity index (χ2n) is 12.1. The van der Waals surface area contributed by atoms with Crippen LogP contribution >= 0.6 is 0 Å². The first-order chi connectivity index (χ1) is 20.6. The maximum Gasteiger partial charge on any atom is 0.283 e. The van der Waals surface area contributed by atoms with E-state index in [4.69, 9.17) is 9.98 Å². The molecule has 1 aromatic carbocycles.